The van der Waals surface area contributed by atoms with Gasteiger partial charge < -0.3 is 15.4 Å². The molecule has 8 heteroatoms. The molecule has 0 atom stereocenters. The maximum atomic E-state index is 12.0. The van der Waals surface area contributed by atoms with Gasteiger partial charge in [0.2, 0.25) is 5.91 Å². The van der Waals surface area contributed by atoms with Gasteiger partial charge in [0.1, 0.15) is 0 Å². The highest BCUT2D eigenvalue weighted by molar-refractivity contribution is 5.95. The third kappa shape index (κ3) is 5.81. The predicted molar refractivity (Wildman–Crippen MR) is 101 cm³/mol. The number of amides is 2. The summed E-state index contributed by atoms with van der Waals surface area (Å²) in [6.07, 6.45) is 0.770. The van der Waals surface area contributed by atoms with Crippen molar-refractivity contribution in [3.05, 3.63) is 63.7 Å². The molecule has 2 rings (SSSR count). The quantitative estimate of drug-likeness (QED) is 0.547. The Bertz CT molecular complexity index is 851. The molecule has 0 heterocycles. The van der Waals surface area contributed by atoms with Crippen LogP contribution in [-0.2, 0) is 16.0 Å². The first-order chi connectivity index (χ1) is 12.9. The van der Waals surface area contributed by atoms with Crippen molar-refractivity contribution in [2.24, 2.45) is 0 Å². The number of anilines is 1. The molecule has 27 heavy (non-hydrogen) atoms. The number of nitro groups is 1. The van der Waals surface area contributed by atoms with Crippen LogP contribution in [0.2, 0.25) is 0 Å². The largest absolute Gasteiger partial charge is 0.477 e. The Morgan fingerprint density at radius 1 is 1.15 bits per heavy atom. The summed E-state index contributed by atoms with van der Waals surface area (Å²) < 4.78 is 5.22. The SMILES string of the molecule is CCc1ccccc1NC(=O)CNC(=O)COc1ccc(C)cc1[N+](=O)[O-]. The van der Waals surface area contributed by atoms with Crippen molar-refractivity contribution < 1.29 is 19.2 Å². The lowest BCUT2D eigenvalue weighted by Crippen LogP contribution is -2.36. The average Bonchev–Trinajstić information content (AvgIpc) is 2.65. The Balaban J connectivity index is 1.84. The molecule has 0 bridgehead atoms. The molecular weight excluding hydrogens is 350 g/mol. The highest BCUT2D eigenvalue weighted by atomic mass is 16.6. The Morgan fingerprint density at radius 2 is 1.89 bits per heavy atom. The number of benzene rings is 2. The third-order valence-electron chi connectivity index (χ3n) is 3.79. The van der Waals surface area contributed by atoms with Crippen LogP contribution in [0, 0.1) is 17.0 Å². The van der Waals surface area contributed by atoms with E-state index in [1.54, 1.807) is 19.1 Å². The van der Waals surface area contributed by atoms with Crippen molar-refractivity contribution >= 4 is 23.2 Å². The molecule has 2 aromatic rings. The smallest absolute Gasteiger partial charge is 0.311 e. The van der Waals surface area contributed by atoms with Crippen LogP contribution in [0.1, 0.15) is 18.1 Å². The number of carbonyl (C=O) groups is 2. The standard InChI is InChI=1S/C19H21N3O5/c1-3-14-6-4-5-7-15(14)21-18(23)11-20-19(24)12-27-17-9-8-13(2)10-16(17)22(25)26/h4-10H,3,11-12H2,1-2H3,(H,20,24)(H,21,23). The maximum Gasteiger partial charge on any atom is 0.311 e. The van der Waals surface area contributed by atoms with Crippen molar-refractivity contribution in [3.8, 4) is 5.75 Å². The van der Waals surface area contributed by atoms with Gasteiger partial charge in [0.25, 0.3) is 5.91 Å². The summed E-state index contributed by atoms with van der Waals surface area (Å²) in [5.74, 6) is -0.920. The first-order valence-electron chi connectivity index (χ1n) is 8.43. The number of para-hydroxylation sites is 1. The van der Waals surface area contributed by atoms with Gasteiger partial charge in [-0.2, -0.15) is 0 Å². The second kappa shape index (κ2) is 9.33. The maximum absolute atomic E-state index is 12.0. The van der Waals surface area contributed by atoms with Gasteiger partial charge in [0, 0.05) is 11.8 Å². The summed E-state index contributed by atoms with van der Waals surface area (Å²) in [6, 6.07) is 11.9. The normalized spacial score (nSPS) is 10.1. The van der Waals surface area contributed by atoms with E-state index in [9.17, 15) is 19.7 Å². The van der Waals surface area contributed by atoms with Crippen molar-refractivity contribution in [2.75, 3.05) is 18.5 Å². The van der Waals surface area contributed by atoms with Crippen molar-refractivity contribution in [3.63, 3.8) is 0 Å². The molecule has 142 valence electrons. The zero-order valence-corrected chi connectivity index (χ0v) is 15.2. The average molecular weight is 371 g/mol. The van der Waals surface area contributed by atoms with E-state index in [2.05, 4.69) is 10.6 Å². The summed E-state index contributed by atoms with van der Waals surface area (Å²) in [7, 11) is 0. The van der Waals surface area contributed by atoms with E-state index in [1.807, 2.05) is 25.1 Å². The fraction of sp³-hybridized carbons (Fsp3) is 0.263. The second-order valence-electron chi connectivity index (χ2n) is 5.85. The van der Waals surface area contributed by atoms with Gasteiger partial charge >= 0.3 is 5.69 Å². The van der Waals surface area contributed by atoms with E-state index < -0.39 is 17.4 Å². The fourth-order valence-corrected chi connectivity index (χ4v) is 2.41. The van der Waals surface area contributed by atoms with Crippen LogP contribution in [0.3, 0.4) is 0 Å². The molecule has 0 aliphatic heterocycles. The van der Waals surface area contributed by atoms with Crippen LogP contribution in [0.5, 0.6) is 5.75 Å². The lowest BCUT2D eigenvalue weighted by Gasteiger charge is -2.11. The Kier molecular flexibility index (Phi) is 6.87. The van der Waals surface area contributed by atoms with E-state index >= 15 is 0 Å². The summed E-state index contributed by atoms with van der Waals surface area (Å²) in [5.41, 5.74) is 2.19. The van der Waals surface area contributed by atoms with Gasteiger partial charge in [0.05, 0.1) is 11.5 Å². The first-order valence-corrected chi connectivity index (χ1v) is 8.43. The number of nitro benzene ring substituents is 1. The first kappa shape index (κ1) is 19.9. The molecule has 0 aliphatic rings. The van der Waals surface area contributed by atoms with Gasteiger partial charge in [-0.05, 0) is 36.6 Å². The number of ether oxygens (including phenoxy) is 1. The van der Waals surface area contributed by atoms with Crippen LogP contribution >= 0.6 is 0 Å². The number of hydrogen-bond acceptors (Lipinski definition) is 5. The zero-order valence-electron chi connectivity index (χ0n) is 15.2. The summed E-state index contributed by atoms with van der Waals surface area (Å²) in [4.78, 5) is 34.3. The number of hydrogen-bond donors (Lipinski definition) is 2. The zero-order chi connectivity index (χ0) is 19.8. The minimum atomic E-state index is -0.571. The van der Waals surface area contributed by atoms with Crippen LogP contribution in [0.15, 0.2) is 42.5 Å². The van der Waals surface area contributed by atoms with Crippen LogP contribution < -0.4 is 15.4 Å². The second-order valence-corrected chi connectivity index (χ2v) is 5.85. The van der Waals surface area contributed by atoms with E-state index in [0.29, 0.717) is 11.3 Å². The predicted octanol–water partition coefficient (Wildman–Crippen LogP) is 2.60. The van der Waals surface area contributed by atoms with Crippen LogP contribution in [0.4, 0.5) is 11.4 Å². The summed E-state index contributed by atoms with van der Waals surface area (Å²) >= 11 is 0. The number of rotatable bonds is 8. The summed E-state index contributed by atoms with van der Waals surface area (Å²) in [6.45, 7) is 3.05. The molecule has 0 fully saturated rings. The molecular formula is C19H21N3O5. The minimum Gasteiger partial charge on any atom is -0.477 e. The van der Waals surface area contributed by atoms with Gasteiger partial charge in [-0.25, -0.2) is 0 Å². The monoisotopic (exact) mass is 371 g/mol. The van der Waals surface area contributed by atoms with E-state index in [4.69, 9.17) is 4.74 Å². The molecule has 0 saturated heterocycles. The number of nitrogens with one attached hydrogen (secondary N) is 2. The Labute approximate surface area is 156 Å². The molecule has 2 aromatic carbocycles. The van der Waals surface area contributed by atoms with Crippen LogP contribution in [-0.4, -0.2) is 29.9 Å². The molecule has 0 saturated carbocycles. The minimum absolute atomic E-state index is 0.00192. The molecule has 0 aromatic heterocycles. The van der Waals surface area contributed by atoms with Gasteiger partial charge in [-0.3, -0.25) is 19.7 Å². The molecule has 2 N–H and O–H groups in total. The molecule has 0 aliphatic carbocycles. The van der Waals surface area contributed by atoms with Crippen molar-refractivity contribution in [1.82, 2.24) is 5.32 Å². The molecule has 0 radical (unpaired) electrons. The van der Waals surface area contributed by atoms with Crippen molar-refractivity contribution in [2.45, 2.75) is 20.3 Å². The van der Waals surface area contributed by atoms with E-state index in [-0.39, 0.29) is 23.9 Å². The number of carbonyl (C=O) groups excluding carboxylic acids is 2. The number of aryl methyl sites for hydroxylation is 2. The summed E-state index contributed by atoms with van der Waals surface area (Å²) in [5, 5.41) is 16.2. The van der Waals surface area contributed by atoms with Crippen molar-refractivity contribution in [1.29, 1.82) is 0 Å². The molecule has 2 amide bonds. The Hall–Kier alpha value is -3.42. The lowest BCUT2D eigenvalue weighted by atomic mass is 10.1. The fourth-order valence-electron chi connectivity index (χ4n) is 2.41. The van der Waals surface area contributed by atoms with Crippen LogP contribution in [0.25, 0.3) is 0 Å². The van der Waals surface area contributed by atoms with Gasteiger partial charge in [-0.15, -0.1) is 0 Å². The van der Waals surface area contributed by atoms with E-state index in [0.717, 1.165) is 12.0 Å². The lowest BCUT2D eigenvalue weighted by molar-refractivity contribution is -0.385. The molecule has 8 nitrogen and oxygen atoms in total. The highest BCUT2D eigenvalue weighted by Gasteiger charge is 2.16. The van der Waals surface area contributed by atoms with Gasteiger partial charge in [0.15, 0.2) is 12.4 Å². The third-order valence-corrected chi connectivity index (χ3v) is 3.79. The Morgan fingerprint density at radius 3 is 2.59 bits per heavy atom. The molecule has 0 unspecified atom stereocenters. The van der Waals surface area contributed by atoms with Gasteiger partial charge in [-0.1, -0.05) is 31.2 Å². The van der Waals surface area contributed by atoms with E-state index in [1.165, 1.54) is 12.1 Å². The number of nitrogens with zero attached hydrogens (tertiary/aromatic N) is 1. The topological polar surface area (TPSA) is 111 Å². The molecule has 0 spiro atoms. The highest BCUT2D eigenvalue weighted by Crippen LogP contribution is 2.27.